The van der Waals surface area contributed by atoms with Gasteiger partial charge in [0, 0.05) is 27.9 Å². The summed E-state index contributed by atoms with van der Waals surface area (Å²) in [5.74, 6) is 0. The molecule has 0 aliphatic rings. The monoisotopic (exact) mass is 310 g/mol. The third-order valence-electron chi connectivity index (χ3n) is 3.77. The third-order valence-corrected chi connectivity index (χ3v) is 4.00. The van der Waals surface area contributed by atoms with Gasteiger partial charge in [-0.15, -0.1) is 0 Å². The van der Waals surface area contributed by atoms with Gasteiger partial charge in [0.15, 0.2) is 0 Å². The predicted molar refractivity (Wildman–Crippen MR) is 87.4 cm³/mol. The molecule has 4 rings (SSSR count). The first-order valence-corrected chi connectivity index (χ1v) is 7.21. The first-order valence-electron chi connectivity index (χ1n) is 6.83. The van der Waals surface area contributed by atoms with Crippen molar-refractivity contribution >= 4 is 33.5 Å². The normalized spacial score (nSPS) is 11.4. The molecule has 0 radical (unpaired) electrons. The second-order valence-corrected chi connectivity index (χ2v) is 5.69. The van der Waals surface area contributed by atoms with Gasteiger partial charge in [0.05, 0.1) is 6.26 Å². The average Bonchev–Trinajstić information content (AvgIpc) is 2.85. The number of rotatable bonds is 1. The van der Waals surface area contributed by atoms with E-state index in [2.05, 4.69) is 0 Å². The molecule has 0 fully saturated rings. The van der Waals surface area contributed by atoms with Crippen LogP contribution in [0.4, 0.5) is 0 Å². The molecule has 0 atom stereocenters. The third kappa shape index (κ3) is 2.02. The van der Waals surface area contributed by atoms with Gasteiger partial charge >= 0.3 is 5.63 Å². The molecular formula is C18H11ClO3. The summed E-state index contributed by atoms with van der Waals surface area (Å²) < 4.78 is 10.8. The first-order chi connectivity index (χ1) is 10.6. The molecule has 0 unspecified atom stereocenters. The Hall–Kier alpha value is -2.52. The number of benzene rings is 2. The van der Waals surface area contributed by atoms with Crippen LogP contribution in [0, 0.1) is 6.92 Å². The Morgan fingerprint density at radius 2 is 1.86 bits per heavy atom. The maximum Gasteiger partial charge on any atom is 0.336 e. The van der Waals surface area contributed by atoms with E-state index in [1.165, 1.54) is 6.07 Å². The number of hydrogen-bond acceptors (Lipinski definition) is 3. The zero-order chi connectivity index (χ0) is 15.3. The van der Waals surface area contributed by atoms with Crippen molar-refractivity contribution in [1.29, 1.82) is 0 Å². The minimum Gasteiger partial charge on any atom is -0.464 e. The first kappa shape index (κ1) is 13.2. The van der Waals surface area contributed by atoms with Crippen molar-refractivity contribution in [2.24, 2.45) is 0 Å². The maximum absolute atomic E-state index is 11.9. The second kappa shape index (κ2) is 4.75. The van der Waals surface area contributed by atoms with Crippen LogP contribution in [0.5, 0.6) is 0 Å². The molecule has 0 aliphatic carbocycles. The highest BCUT2D eigenvalue weighted by Crippen LogP contribution is 2.33. The van der Waals surface area contributed by atoms with Gasteiger partial charge in [0.25, 0.3) is 0 Å². The fourth-order valence-electron chi connectivity index (χ4n) is 2.71. The fourth-order valence-corrected chi connectivity index (χ4v) is 2.90. The zero-order valence-electron chi connectivity index (χ0n) is 11.7. The molecule has 0 spiro atoms. The van der Waals surface area contributed by atoms with Gasteiger partial charge in [-0.2, -0.15) is 0 Å². The van der Waals surface area contributed by atoms with E-state index < -0.39 is 5.63 Å². The van der Waals surface area contributed by atoms with Crippen molar-refractivity contribution in [3.05, 3.63) is 69.7 Å². The molecule has 22 heavy (non-hydrogen) atoms. The lowest BCUT2D eigenvalue weighted by molar-refractivity contribution is 0.559. The van der Waals surface area contributed by atoms with Crippen LogP contribution in [0.2, 0.25) is 5.02 Å². The molecule has 0 saturated carbocycles. The van der Waals surface area contributed by atoms with E-state index in [1.54, 1.807) is 18.4 Å². The van der Waals surface area contributed by atoms with E-state index in [0.29, 0.717) is 16.2 Å². The SMILES string of the molecule is Cc1coc2cc3oc(=O)cc(-c4cccc(Cl)c4)c3cc12. The van der Waals surface area contributed by atoms with E-state index in [1.807, 2.05) is 31.2 Å². The second-order valence-electron chi connectivity index (χ2n) is 5.25. The minimum absolute atomic E-state index is 0.398. The van der Waals surface area contributed by atoms with Crippen LogP contribution in [0.15, 0.2) is 62.4 Å². The molecule has 4 heteroatoms. The average molecular weight is 311 g/mol. The van der Waals surface area contributed by atoms with Crippen molar-refractivity contribution in [2.75, 3.05) is 0 Å². The van der Waals surface area contributed by atoms with E-state index in [4.69, 9.17) is 20.4 Å². The Labute approximate surface area is 130 Å². The summed E-state index contributed by atoms with van der Waals surface area (Å²) in [5.41, 5.74) is 3.54. The quantitative estimate of drug-likeness (QED) is 0.456. The summed E-state index contributed by atoms with van der Waals surface area (Å²) in [6, 6.07) is 12.7. The molecule has 2 aromatic carbocycles. The Balaban J connectivity index is 2.14. The molecule has 108 valence electrons. The largest absolute Gasteiger partial charge is 0.464 e. The van der Waals surface area contributed by atoms with Gasteiger partial charge in [-0.3, -0.25) is 0 Å². The van der Waals surface area contributed by atoms with E-state index in [0.717, 1.165) is 27.5 Å². The lowest BCUT2D eigenvalue weighted by atomic mass is 10.0. The summed E-state index contributed by atoms with van der Waals surface area (Å²) >= 11 is 6.07. The Bertz CT molecular complexity index is 1070. The lowest BCUT2D eigenvalue weighted by Crippen LogP contribution is -1.98. The van der Waals surface area contributed by atoms with Gasteiger partial charge in [-0.05, 0) is 41.8 Å². The molecular weight excluding hydrogens is 300 g/mol. The summed E-state index contributed by atoms with van der Waals surface area (Å²) in [4.78, 5) is 11.9. The maximum atomic E-state index is 11.9. The molecule has 3 nitrogen and oxygen atoms in total. The van der Waals surface area contributed by atoms with Crippen molar-refractivity contribution in [2.45, 2.75) is 6.92 Å². The minimum atomic E-state index is -0.398. The summed E-state index contributed by atoms with van der Waals surface area (Å²) in [6.45, 7) is 1.98. The zero-order valence-corrected chi connectivity index (χ0v) is 12.5. The number of aryl methyl sites for hydroxylation is 1. The smallest absolute Gasteiger partial charge is 0.336 e. The summed E-state index contributed by atoms with van der Waals surface area (Å²) in [6.07, 6.45) is 1.70. The number of fused-ring (bicyclic) bond motifs is 2. The van der Waals surface area contributed by atoms with Crippen molar-refractivity contribution in [3.8, 4) is 11.1 Å². The Morgan fingerprint density at radius 3 is 2.68 bits per heavy atom. The highest BCUT2D eigenvalue weighted by Gasteiger charge is 2.12. The van der Waals surface area contributed by atoms with Crippen molar-refractivity contribution in [3.63, 3.8) is 0 Å². The number of hydrogen-bond donors (Lipinski definition) is 0. The molecule has 0 N–H and O–H groups in total. The number of furan rings is 1. The van der Waals surface area contributed by atoms with Crippen LogP contribution >= 0.6 is 11.6 Å². The molecule has 0 bridgehead atoms. The van der Waals surface area contributed by atoms with Gasteiger partial charge in [0.1, 0.15) is 11.2 Å². The Kier molecular flexibility index (Phi) is 2.84. The highest BCUT2D eigenvalue weighted by molar-refractivity contribution is 6.30. The van der Waals surface area contributed by atoms with Crippen LogP contribution in [0.1, 0.15) is 5.56 Å². The summed E-state index contributed by atoms with van der Waals surface area (Å²) in [5, 5.41) is 2.49. The molecule has 2 aromatic heterocycles. The highest BCUT2D eigenvalue weighted by atomic mass is 35.5. The van der Waals surface area contributed by atoms with Gasteiger partial charge < -0.3 is 8.83 Å². The molecule has 0 saturated heterocycles. The van der Waals surface area contributed by atoms with E-state index >= 15 is 0 Å². The van der Waals surface area contributed by atoms with Crippen molar-refractivity contribution in [1.82, 2.24) is 0 Å². The van der Waals surface area contributed by atoms with E-state index in [-0.39, 0.29) is 0 Å². The van der Waals surface area contributed by atoms with Crippen LogP contribution in [0.3, 0.4) is 0 Å². The van der Waals surface area contributed by atoms with Gasteiger partial charge in [-0.25, -0.2) is 4.79 Å². The standard InChI is InChI=1S/C18H11ClO3/c1-10-9-21-16-8-17-15(6-13(10)16)14(7-18(20)22-17)11-3-2-4-12(19)5-11/h2-9H,1H3. The van der Waals surface area contributed by atoms with Crippen LogP contribution < -0.4 is 5.63 Å². The number of halogens is 1. The molecule has 4 aromatic rings. The van der Waals surface area contributed by atoms with Gasteiger partial charge in [0.2, 0.25) is 0 Å². The summed E-state index contributed by atoms with van der Waals surface area (Å²) in [7, 11) is 0. The van der Waals surface area contributed by atoms with Crippen molar-refractivity contribution < 1.29 is 8.83 Å². The predicted octanol–water partition coefficient (Wildman–Crippen LogP) is 5.17. The van der Waals surface area contributed by atoms with Crippen LogP contribution in [-0.4, -0.2) is 0 Å². The topological polar surface area (TPSA) is 43.4 Å². The van der Waals surface area contributed by atoms with E-state index in [9.17, 15) is 4.79 Å². The molecule has 0 amide bonds. The van der Waals surface area contributed by atoms with Crippen LogP contribution in [0.25, 0.3) is 33.1 Å². The fraction of sp³-hybridized carbons (Fsp3) is 0.0556. The van der Waals surface area contributed by atoms with Gasteiger partial charge in [-0.1, -0.05) is 23.7 Å². The lowest BCUT2D eigenvalue weighted by Gasteiger charge is -2.06. The Morgan fingerprint density at radius 1 is 1.00 bits per heavy atom. The van der Waals surface area contributed by atoms with Crippen LogP contribution in [-0.2, 0) is 0 Å². The molecule has 2 heterocycles. The molecule has 0 aliphatic heterocycles.